The Morgan fingerprint density at radius 3 is 2.43 bits per heavy atom. The smallest absolute Gasteiger partial charge is 0.270 e. The number of nitrogens with one attached hydrogen (secondary N) is 1. The summed E-state index contributed by atoms with van der Waals surface area (Å²) in [4.78, 5) is 9.96. The van der Waals surface area contributed by atoms with Gasteiger partial charge in [-0.05, 0) is 37.1 Å². The Labute approximate surface area is 122 Å². The molecule has 2 aromatic rings. The molecule has 0 spiro atoms. The van der Waals surface area contributed by atoms with Gasteiger partial charge in [0.1, 0.15) is 0 Å². The van der Waals surface area contributed by atoms with E-state index < -0.39 is 14.9 Å². The van der Waals surface area contributed by atoms with Crippen LogP contribution in [0.4, 0.5) is 11.4 Å². The number of aryl methyl sites for hydroxylation is 1. The zero-order chi connectivity index (χ0) is 15.6. The number of rotatable bonds is 4. The fourth-order valence-corrected chi connectivity index (χ4v) is 2.99. The summed E-state index contributed by atoms with van der Waals surface area (Å²) in [5, 5.41) is 10.7. The average Bonchev–Trinajstić information content (AvgIpc) is 2.44. The largest absolute Gasteiger partial charge is 0.279 e. The molecular formula is C14H14N2O4S. The molecule has 0 saturated carbocycles. The lowest BCUT2D eigenvalue weighted by Crippen LogP contribution is -2.14. The summed E-state index contributed by atoms with van der Waals surface area (Å²) in [6.45, 7) is 3.68. The van der Waals surface area contributed by atoms with Crippen molar-refractivity contribution in [2.45, 2.75) is 18.7 Å². The number of hydrogen-bond donors (Lipinski definition) is 1. The molecule has 0 atom stereocenters. The highest BCUT2D eigenvalue weighted by molar-refractivity contribution is 7.92. The third-order valence-corrected chi connectivity index (χ3v) is 4.55. The van der Waals surface area contributed by atoms with Gasteiger partial charge >= 0.3 is 0 Å². The lowest BCUT2D eigenvalue weighted by atomic mass is 10.1. The van der Waals surface area contributed by atoms with Crippen LogP contribution in [0.5, 0.6) is 0 Å². The van der Waals surface area contributed by atoms with Crippen molar-refractivity contribution in [3.05, 3.63) is 63.7 Å². The van der Waals surface area contributed by atoms with Gasteiger partial charge in [0.15, 0.2) is 0 Å². The number of benzene rings is 2. The van der Waals surface area contributed by atoms with Crippen molar-refractivity contribution in [3.63, 3.8) is 0 Å². The van der Waals surface area contributed by atoms with E-state index in [1.807, 2.05) is 13.0 Å². The van der Waals surface area contributed by atoms with Gasteiger partial charge in [-0.15, -0.1) is 0 Å². The van der Waals surface area contributed by atoms with Crippen LogP contribution in [0.2, 0.25) is 0 Å². The average molecular weight is 306 g/mol. The molecule has 0 bridgehead atoms. The Kier molecular flexibility index (Phi) is 3.95. The molecule has 6 nitrogen and oxygen atoms in total. The molecule has 0 saturated heterocycles. The third kappa shape index (κ3) is 3.19. The number of anilines is 1. The Bertz CT molecular complexity index is 800. The molecule has 0 aliphatic heterocycles. The molecule has 0 fully saturated rings. The van der Waals surface area contributed by atoms with E-state index in [9.17, 15) is 18.5 Å². The van der Waals surface area contributed by atoms with E-state index in [0.717, 1.165) is 17.2 Å². The van der Waals surface area contributed by atoms with Crippen molar-refractivity contribution < 1.29 is 13.3 Å². The summed E-state index contributed by atoms with van der Waals surface area (Å²) < 4.78 is 27.1. The molecule has 0 heterocycles. The number of hydrogen-bond acceptors (Lipinski definition) is 4. The maximum Gasteiger partial charge on any atom is 0.270 e. The lowest BCUT2D eigenvalue weighted by molar-refractivity contribution is -0.385. The first-order chi connectivity index (χ1) is 9.81. The first-order valence-corrected chi connectivity index (χ1v) is 7.63. The van der Waals surface area contributed by atoms with Crippen molar-refractivity contribution in [1.82, 2.24) is 0 Å². The van der Waals surface area contributed by atoms with E-state index in [-0.39, 0.29) is 10.6 Å². The maximum atomic E-state index is 12.3. The van der Waals surface area contributed by atoms with Crippen molar-refractivity contribution in [2.24, 2.45) is 0 Å². The standard InChI is InChI=1S/C14H14N2O4S/c1-10-5-3-8-14(11(10)2)15-21(19,20)13-7-4-6-12(9-13)16(17)18/h3-9,15H,1-2H3. The highest BCUT2D eigenvalue weighted by Gasteiger charge is 2.18. The van der Waals surface area contributed by atoms with Crippen LogP contribution in [0.15, 0.2) is 47.4 Å². The molecule has 21 heavy (non-hydrogen) atoms. The maximum absolute atomic E-state index is 12.3. The van der Waals surface area contributed by atoms with E-state index in [0.29, 0.717) is 5.69 Å². The first-order valence-electron chi connectivity index (χ1n) is 6.15. The Hall–Kier alpha value is -2.41. The van der Waals surface area contributed by atoms with Gasteiger partial charge in [0.2, 0.25) is 0 Å². The number of sulfonamides is 1. The van der Waals surface area contributed by atoms with Crippen molar-refractivity contribution in [1.29, 1.82) is 0 Å². The van der Waals surface area contributed by atoms with Crippen molar-refractivity contribution in [3.8, 4) is 0 Å². The van der Waals surface area contributed by atoms with E-state index in [4.69, 9.17) is 0 Å². The second kappa shape index (κ2) is 5.53. The highest BCUT2D eigenvalue weighted by atomic mass is 32.2. The molecule has 0 aliphatic rings. The van der Waals surface area contributed by atoms with Crippen LogP contribution in [0, 0.1) is 24.0 Å². The first kappa shape index (κ1) is 15.0. The van der Waals surface area contributed by atoms with E-state index in [1.165, 1.54) is 18.2 Å². The highest BCUT2D eigenvalue weighted by Crippen LogP contribution is 2.23. The quantitative estimate of drug-likeness (QED) is 0.694. The predicted octanol–water partition coefficient (Wildman–Crippen LogP) is 3.01. The third-order valence-electron chi connectivity index (χ3n) is 3.19. The summed E-state index contributed by atoms with van der Waals surface area (Å²) in [5.41, 5.74) is 1.96. The van der Waals surface area contributed by atoms with Gasteiger partial charge in [-0.2, -0.15) is 0 Å². The van der Waals surface area contributed by atoms with Gasteiger partial charge in [0.25, 0.3) is 15.7 Å². The van der Waals surface area contributed by atoms with E-state index in [2.05, 4.69) is 4.72 Å². The SMILES string of the molecule is Cc1cccc(NS(=O)(=O)c2cccc([N+](=O)[O-])c2)c1C. The molecule has 2 aromatic carbocycles. The van der Waals surface area contributed by atoms with Crippen LogP contribution in [0.3, 0.4) is 0 Å². The number of non-ortho nitro benzene ring substituents is 1. The Morgan fingerprint density at radius 2 is 1.76 bits per heavy atom. The van der Waals surface area contributed by atoms with Crippen LogP contribution in [-0.4, -0.2) is 13.3 Å². The normalized spacial score (nSPS) is 11.1. The molecule has 0 amide bonds. The number of nitro benzene ring substituents is 1. The van der Waals surface area contributed by atoms with Crippen LogP contribution < -0.4 is 4.72 Å². The number of nitrogens with zero attached hydrogens (tertiary/aromatic N) is 1. The zero-order valence-electron chi connectivity index (χ0n) is 11.5. The van der Waals surface area contributed by atoms with Crippen LogP contribution in [0.1, 0.15) is 11.1 Å². The molecule has 2 rings (SSSR count). The van der Waals surface area contributed by atoms with Crippen LogP contribution >= 0.6 is 0 Å². The van der Waals surface area contributed by atoms with Crippen LogP contribution in [-0.2, 0) is 10.0 Å². The second-order valence-electron chi connectivity index (χ2n) is 4.61. The second-order valence-corrected chi connectivity index (χ2v) is 6.29. The van der Waals surface area contributed by atoms with Gasteiger partial charge in [-0.3, -0.25) is 14.8 Å². The molecule has 0 aromatic heterocycles. The summed E-state index contributed by atoms with van der Waals surface area (Å²) in [6.07, 6.45) is 0. The number of nitro groups is 1. The zero-order valence-corrected chi connectivity index (χ0v) is 12.3. The molecule has 7 heteroatoms. The minimum Gasteiger partial charge on any atom is -0.279 e. The Balaban J connectivity index is 2.41. The fraction of sp³-hybridized carbons (Fsp3) is 0.143. The predicted molar refractivity (Wildman–Crippen MR) is 79.8 cm³/mol. The van der Waals surface area contributed by atoms with Gasteiger partial charge in [-0.1, -0.05) is 18.2 Å². The van der Waals surface area contributed by atoms with Crippen LogP contribution in [0.25, 0.3) is 0 Å². The minimum absolute atomic E-state index is 0.141. The molecule has 0 aliphatic carbocycles. The summed E-state index contributed by atoms with van der Waals surface area (Å²) in [7, 11) is -3.86. The van der Waals surface area contributed by atoms with E-state index >= 15 is 0 Å². The van der Waals surface area contributed by atoms with E-state index in [1.54, 1.807) is 19.1 Å². The monoisotopic (exact) mass is 306 g/mol. The van der Waals surface area contributed by atoms with Gasteiger partial charge in [-0.25, -0.2) is 8.42 Å². The lowest BCUT2D eigenvalue weighted by Gasteiger charge is -2.12. The fourth-order valence-electron chi connectivity index (χ4n) is 1.83. The summed E-state index contributed by atoms with van der Waals surface area (Å²) in [6, 6.07) is 10.2. The van der Waals surface area contributed by atoms with Crippen molar-refractivity contribution >= 4 is 21.4 Å². The summed E-state index contributed by atoms with van der Waals surface area (Å²) >= 11 is 0. The molecule has 0 radical (unpaired) electrons. The van der Waals surface area contributed by atoms with Crippen molar-refractivity contribution in [2.75, 3.05) is 4.72 Å². The van der Waals surface area contributed by atoms with Gasteiger partial charge < -0.3 is 0 Å². The minimum atomic E-state index is -3.86. The molecule has 0 unspecified atom stereocenters. The topological polar surface area (TPSA) is 89.3 Å². The summed E-state index contributed by atoms with van der Waals surface area (Å²) in [5.74, 6) is 0. The molecular weight excluding hydrogens is 292 g/mol. The van der Waals surface area contributed by atoms with Gasteiger partial charge in [0.05, 0.1) is 15.5 Å². The molecule has 1 N–H and O–H groups in total. The molecule has 110 valence electrons. The van der Waals surface area contributed by atoms with Gasteiger partial charge in [0, 0.05) is 12.1 Å². The Morgan fingerprint density at radius 1 is 1.10 bits per heavy atom.